The van der Waals surface area contributed by atoms with Crippen LogP contribution >= 0.6 is 11.8 Å². The summed E-state index contributed by atoms with van der Waals surface area (Å²) in [6.07, 6.45) is 5.49. The fourth-order valence-electron chi connectivity index (χ4n) is 4.58. The first-order valence-electron chi connectivity index (χ1n) is 12.9. The number of nitrogens with one attached hydrogen (secondary N) is 2. The highest BCUT2D eigenvalue weighted by Crippen LogP contribution is 2.35. The first-order chi connectivity index (χ1) is 16.7. The Morgan fingerprint density at radius 3 is 2.26 bits per heavy atom. The van der Waals surface area contributed by atoms with Crippen molar-refractivity contribution < 1.29 is 23.9 Å². The Balaban J connectivity index is 0.000000327. The predicted octanol–water partition coefficient (Wildman–Crippen LogP) is 2.18. The lowest BCUT2D eigenvalue weighted by atomic mass is 10.1. The summed E-state index contributed by atoms with van der Waals surface area (Å²) in [5.74, 6) is 1.25. The summed E-state index contributed by atoms with van der Waals surface area (Å²) in [6, 6.07) is -0.194. The molecule has 2 N–H and O–H groups in total. The molecule has 35 heavy (non-hydrogen) atoms. The van der Waals surface area contributed by atoms with Crippen LogP contribution in [0.3, 0.4) is 0 Å². The van der Waals surface area contributed by atoms with Crippen LogP contribution in [0.1, 0.15) is 73.1 Å². The van der Waals surface area contributed by atoms with Gasteiger partial charge < -0.3 is 25.2 Å². The number of Topliss-reactive ketones (excluding diaryl/α,β-unsaturated/α-hetero) is 2. The summed E-state index contributed by atoms with van der Waals surface area (Å²) in [5.41, 5.74) is 0. The minimum atomic E-state index is -0.292. The Morgan fingerprint density at radius 2 is 1.71 bits per heavy atom. The molecule has 0 aliphatic carbocycles. The molecule has 6 atom stereocenters. The van der Waals surface area contributed by atoms with Gasteiger partial charge in [0.05, 0.1) is 30.1 Å². The number of hydrogen-bond acceptors (Lipinski definition) is 8. The van der Waals surface area contributed by atoms with E-state index in [0.29, 0.717) is 19.1 Å². The number of ether oxygens (including phenoxy) is 1. The van der Waals surface area contributed by atoms with Crippen molar-refractivity contribution in [2.45, 2.75) is 109 Å². The first-order valence-corrected chi connectivity index (χ1v) is 13.9. The molecular formula is C25H46N4O5S. The van der Waals surface area contributed by atoms with E-state index in [1.54, 1.807) is 6.92 Å². The summed E-state index contributed by atoms with van der Waals surface area (Å²) >= 11 is 1.81. The number of nitrogens with zero attached hydrogens (tertiary/aromatic N) is 2. The van der Waals surface area contributed by atoms with Crippen LogP contribution in [0.15, 0.2) is 0 Å². The second kappa shape index (κ2) is 16.3. The molecule has 0 aromatic heterocycles. The maximum atomic E-state index is 12.3. The van der Waals surface area contributed by atoms with Crippen LogP contribution < -0.4 is 10.6 Å². The molecule has 3 fully saturated rings. The monoisotopic (exact) mass is 514 g/mol. The van der Waals surface area contributed by atoms with E-state index in [0.717, 1.165) is 44.3 Å². The maximum absolute atomic E-state index is 12.3. The zero-order chi connectivity index (χ0) is 26.5. The van der Waals surface area contributed by atoms with Gasteiger partial charge in [0.2, 0.25) is 12.3 Å². The van der Waals surface area contributed by atoms with E-state index >= 15 is 0 Å². The number of fused-ring (bicyclic) bond motifs is 1. The molecule has 3 aliphatic heterocycles. The smallest absolute Gasteiger partial charge is 0.241 e. The highest BCUT2D eigenvalue weighted by atomic mass is 32.2. The van der Waals surface area contributed by atoms with Crippen molar-refractivity contribution in [2.75, 3.05) is 26.5 Å². The third-order valence-corrected chi connectivity index (χ3v) is 8.06. The summed E-state index contributed by atoms with van der Waals surface area (Å²) in [6.45, 7) is 9.78. The zero-order valence-corrected chi connectivity index (χ0v) is 23.4. The van der Waals surface area contributed by atoms with E-state index in [1.807, 2.05) is 44.6 Å². The Bertz CT molecular complexity index is 695. The van der Waals surface area contributed by atoms with Gasteiger partial charge in [-0.1, -0.05) is 13.8 Å². The van der Waals surface area contributed by atoms with Crippen LogP contribution in [-0.4, -0.2) is 95.9 Å². The second-order valence-corrected chi connectivity index (χ2v) is 10.3. The maximum Gasteiger partial charge on any atom is 0.241 e. The van der Waals surface area contributed by atoms with Crippen LogP contribution in [0.5, 0.6) is 0 Å². The molecule has 202 valence electrons. The number of amides is 2. The largest absolute Gasteiger partial charge is 0.358 e. The van der Waals surface area contributed by atoms with Crippen LogP contribution in [-0.2, 0) is 23.9 Å². The van der Waals surface area contributed by atoms with Crippen molar-refractivity contribution in [3.8, 4) is 0 Å². The molecule has 3 heterocycles. The molecule has 9 nitrogen and oxygen atoms in total. The number of likely N-dealkylation sites (N-methyl/N-ethyl adjacent to an activating group) is 1. The van der Waals surface area contributed by atoms with E-state index in [4.69, 9.17) is 4.74 Å². The van der Waals surface area contributed by atoms with Gasteiger partial charge >= 0.3 is 0 Å². The highest BCUT2D eigenvalue weighted by molar-refractivity contribution is 7.99. The summed E-state index contributed by atoms with van der Waals surface area (Å²) < 4.78 is 5.66. The Morgan fingerprint density at radius 1 is 1.09 bits per heavy atom. The third-order valence-electron chi connectivity index (χ3n) is 6.74. The van der Waals surface area contributed by atoms with Gasteiger partial charge in [0.15, 0.2) is 11.6 Å². The third kappa shape index (κ3) is 8.84. The molecular weight excluding hydrogens is 468 g/mol. The van der Waals surface area contributed by atoms with Crippen molar-refractivity contribution >= 4 is 35.6 Å². The van der Waals surface area contributed by atoms with E-state index in [9.17, 15) is 19.2 Å². The van der Waals surface area contributed by atoms with Gasteiger partial charge in [-0.3, -0.25) is 19.2 Å². The second-order valence-electron chi connectivity index (χ2n) is 8.96. The molecule has 3 aliphatic rings. The normalized spacial score (nSPS) is 28.7. The van der Waals surface area contributed by atoms with E-state index < -0.39 is 0 Å². The Kier molecular flexibility index (Phi) is 14.7. The fourth-order valence-corrected chi connectivity index (χ4v) is 5.94. The van der Waals surface area contributed by atoms with Gasteiger partial charge in [0.1, 0.15) is 6.23 Å². The molecule has 2 amide bonds. The number of likely N-dealkylation sites (tertiary alicyclic amines) is 1. The lowest BCUT2D eigenvalue weighted by Crippen LogP contribution is -2.50. The first kappa shape index (κ1) is 31.5. The molecule has 0 spiro atoms. The van der Waals surface area contributed by atoms with Crippen LogP contribution in [0.4, 0.5) is 0 Å². The number of thioether (sulfide) groups is 1. The SMILES string of the molecule is CC.CNC(C)CCOC1CCC(C(C)=O)N1C=O.CNC1CCSC2CCC(C(C)=O)N2C1=O. The molecule has 0 saturated carbocycles. The van der Waals surface area contributed by atoms with E-state index in [-0.39, 0.29) is 47.2 Å². The van der Waals surface area contributed by atoms with Gasteiger partial charge in [-0.2, -0.15) is 0 Å². The minimum absolute atomic E-state index is 0.0341. The van der Waals surface area contributed by atoms with Gasteiger partial charge in [-0.05, 0) is 79.1 Å². The standard InChI is InChI=1S/C12H22N2O3.C11H18N2O2S.C2H6/c1-9(13-3)6-7-17-12-5-4-11(10(2)16)14(12)8-15;1-7(14)9-3-4-10-13(9)11(15)8(12-2)5-6-16-10;1-2/h8-9,11-13H,4-7H2,1-3H3;8-10,12H,3-6H2,1-2H3;1-2H3. The van der Waals surface area contributed by atoms with Crippen molar-refractivity contribution in [2.24, 2.45) is 0 Å². The molecule has 0 radical (unpaired) electrons. The Hall–Kier alpha value is -1.49. The highest BCUT2D eigenvalue weighted by Gasteiger charge is 2.43. The molecule has 0 aromatic carbocycles. The van der Waals surface area contributed by atoms with Crippen LogP contribution in [0.25, 0.3) is 0 Å². The molecule has 3 rings (SSSR count). The molecule has 3 saturated heterocycles. The van der Waals surface area contributed by atoms with Crippen molar-refractivity contribution in [3.05, 3.63) is 0 Å². The summed E-state index contributed by atoms with van der Waals surface area (Å²) in [7, 11) is 3.72. The van der Waals surface area contributed by atoms with Gasteiger partial charge in [0.25, 0.3) is 0 Å². The number of carbonyl (C=O) groups is 4. The number of hydrogen-bond donors (Lipinski definition) is 2. The van der Waals surface area contributed by atoms with Crippen LogP contribution in [0, 0.1) is 0 Å². The van der Waals surface area contributed by atoms with E-state index in [1.165, 1.54) is 11.8 Å². The molecule has 0 bridgehead atoms. The quantitative estimate of drug-likeness (QED) is 0.451. The van der Waals surface area contributed by atoms with Crippen molar-refractivity contribution in [1.29, 1.82) is 0 Å². The Labute approximate surface area is 215 Å². The number of carbonyl (C=O) groups excluding carboxylic acids is 4. The fraction of sp³-hybridized carbons (Fsp3) is 0.840. The predicted molar refractivity (Wildman–Crippen MR) is 140 cm³/mol. The molecule has 6 unspecified atom stereocenters. The lowest BCUT2D eigenvalue weighted by Gasteiger charge is -2.28. The topological polar surface area (TPSA) is 108 Å². The molecule has 10 heteroatoms. The van der Waals surface area contributed by atoms with Crippen molar-refractivity contribution in [3.63, 3.8) is 0 Å². The van der Waals surface area contributed by atoms with Crippen LogP contribution in [0.2, 0.25) is 0 Å². The molecule has 0 aromatic rings. The lowest BCUT2D eigenvalue weighted by molar-refractivity contribution is -0.139. The average molecular weight is 515 g/mol. The summed E-state index contributed by atoms with van der Waals surface area (Å²) in [4.78, 5) is 49.4. The number of ketones is 2. The average Bonchev–Trinajstić information content (AvgIpc) is 3.43. The minimum Gasteiger partial charge on any atom is -0.358 e. The van der Waals surface area contributed by atoms with Crippen molar-refractivity contribution in [1.82, 2.24) is 20.4 Å². The van der Waals surface area contributed by atoms with E-state index in [2.05, 4.69) is 17.6 Å². The summed E-state index contributed by atoms with van der Waals surface area (Å²) in [5, 5.41) is 6.40. The van der Waals surface area contributed by atoms with Gasteiger partial charge in [-0.15, -0.1) is 11.8 Å². The number of rotatable bonds is 9. The zero-order valence-electron chi connectivity index (χ0n) is 22.5. The van der Waals surface area contributed by atoms with Gasteiger partial charge in [0, 0.05) is 6.04 Å². The van der Waals surface area contributed by atoms with Gasteiger partial charge in [-0.25, -0.2) is 0 Å².